The zero-order valence-corrected chi connectivity index (χ0v) is 13.9. The highest BCUT2D eigenvalue weighted by Gasteiger charge is 2.20. The molecular formula is C19H23NO4. The second-order valence-corrected chi connectivity index (χ2v) is 6.41. The molecule has 1 saturated carbocycles. The smallest absolute Gasteiger partial charge is 0.336 e. The fourth-order valence-corrected chi connectivity index (χ4v) is 3.11. The Labute approximate surface area is 141 Å². The summed E-state index contributed by atoms with van der Waals surface area (Å²) in [7, 11) is 0. The quantitative estimate of drug-likeness (QED) is 0.689. The van der Waals surface area contributed by atoms with Gasteiger partial charge in [-0.2, -0.15) is 0 Å². The van der Waals surface area contributed by atoms with E-state index in [-0.39, 0.29) is 11.9 Å². The van der Waals surface area contributed by atoms with Crippen molar-refractivity contribution in [2.75, 3.05) is 0 Å². The van der Waals surface area contributed by atoms with Crippen molar-refractivity contribution in [2.45, 2.75) is 57.6 Å². The van der Waals surface area contributed by atoms with Crippen LogP contribution in [0.4, 0.5) is 0 Å². The van der Waals surface area contributed by atoms with E-state index in [0.29, 0.717) is 11.3 Å². The van der Waals surface area contributed by atoms with Crippen LogP contribution < -0.4 is 15.7 Å². The summed E-state index contributed by atoms with van der Waals surface area (Å²) in [5.41, 5.74) is 0.0511. The van der Waals surface area contributed by atoms with Crippen LogP contribution in [0.5, 0.6) is 5.75 Å². The van der Waals surface area contributed by atoms with Gasteiger partial charge in [-0.3, -0.25) is 4.79 Å². The summed E-state index contributed by atoms with van der Waals surface area (Å²) in [5.74, 6) is 0.414. The lowest BCUT2D eigenvalue weighted by atomic mass is 10.1. The maximum Gasteiger partial charge on any atom is 0.336 e. The Balaban J connectivity index is 1.63. The molecular weight excluding hydrogens is 306 g/mol. The summed E-state index contributed by atoms with van der Waals surface area (Å²) >= 11 is 0. The summed E-state index contributed by atoms with van der Waals surface area (Å²) in [4.78, 5) is 23.6. The van der Waals surface area contributed by atoms with Crippen molar-refractivity contribution in [3.63, 3.8) is 0 Å². The van der Waals surface area contributed by atoms with Gasteiger partial charge in [-0.25, -0.2) is 4.79 Å². The molecule has 3 rings (SSSR count). The SMILES string of the molecule is C[C@@H](Oc1ccc2ccc(=O)oc2c1)C(=O)NC1CCCCCC1. The van der Waals surface area contributed by atoms with E-state index in [2.05, 4.69) is 5.32 Å². The van der Waals surface area contributed by atoms with Gasteiger partial charge in [0.05, 0.1) is 0 Å². The number of carbonyl (C=O) groups excluding carboxylic acids is 1. The Morgan fingerprint density at radius 3 is 2.62 bits per heavy atom. The molecule has 0 spiro atoms. The molecule has 0 radical (unpaired) electrons. The van der Waals surface area contributed by atoms with Crippen LogP contribution in [-0.2, 0) is 4.79 Å². The number of carbonyl (C=O) groups is 1. The number of hydrogen-bond donors (Lipinski definition) is 1. The Bertz CT molecular complexity index is 759. The van der Waals surface area contributed by atoms with E-state index in [1.54, 1.807) is 25.1 Å². The monoisotopic (exact) mass is 329 g/mol. The zero-order valence-electron chi connectivity index (χ0n) is 13.9. The van der Waals surface area contributed by atoms with Crippen molar-refractivity contribution < 1.29 is 13.9 Å². The summed E-state index contributed by atoms with van der Waals surface area (Å²) < 4.78 is 10.9. The molecule has 0 aliphatic heterocycles. The number of fused-ring (bicyclic) bond motifs is 1. The van der Waals surface area contributed by atoms with Gasteiger partial charge in [0, 0.05) is 23.6 Å². The molecule has 5 nitrogen and oxygen atoms in total. The first kappa shape index (κ1) is 16.6. The van der Waals surface area contributed by atoms with E-state index >= 15 is 0 Å². The van der Waals surface area contributed by atoms with Gasteiger partial charge in [0.1, 0.15) is 11.3 Å². The number of amides is 1. The first-order chi connectivity index (χ1) is 11.6. The number of benzene rings is 1. The predicted molar refractivity (Wildman–Crippen MR) is 92.2 cm³/mol. The number of rotatable bonds is 4. The lowest BCUT2D eigenvalue weighted by Crippen LogP contribution is -2.42. The average molecular weight is 329 g/mol. The molecule has 1 amide bonds. The third kappa shape index (κ3) is 4.16. The van der Waals surface area contributed by atoms with E-state index in [4.69, 9.17) is 9.15 Å². The maximum atomic E-state index is 12.3. The Hall–Kier alpha value is -2.30. The van der Waals surface area contributed by atoms with Crippen LogP contribution in [0.25, 0.3) is 11.0 Å². The lowest BCUT2D eigenvalue weighted by Gasteiger charge is -2.20. The molecule has 1 aromatic carbocycles. The summed E-state index contributed by atoms with van der Waals surface area (Å²) in [6.07, 6.45) is 6.33. The average Bonchev–Trinajstić information content (AvgIpc) is 2.83. The van der Waals surface area contributed by atoms with Gasteiger partial charge < -0.3 is 14.5 Å². The van der Waals surface area contributed by atoms with Crippen LogP contribution in [0.1, 0.15) is 45.4 Å². The van der Waals surface area contributed by atoms with Crippen molar-refractivity contribution in [3.05, 3.63) is 40.8 Å². The van der Waals surface area contributed by atoms with Gasteiger partial charge >= 0.3 is 5.63 Å². The highest BCUT2D eigenvalue weighted by molar-refractivity contribution is 5.81. The van der Waals surface area contributed by atoms with Gasteiger partial charge in [0.25, 0.3) is 5.91 Å². The molecule has 2 aromatic rings. The molecule has 1 fully saturated rings. The molecule has 24 heavy (non-hydrogen) atoms. The van der Waals surface area contributed by atoms with Gasteiger partial charge in [-0.05, 0) is 38.0 Å². The van der Waals surface area contributed by atoms with Gasteiger partial charge in [0.15, 0.2) is 6.10 Å². The normalized spacial score (nSPS) is 17.2. The van der Waals surface area contributed by atoms with Crippen molar-refractivity contribution in [2.24, 2.45) is 0 Å². The van der Waals surface area contributed by atoms with Crippen molar-refractivity contribution in [1.29, 1.82) is 0 Å². The van der Waals surface area contributed by atoms with E-state index in [1.165, 1.54) is 31.7 Å². The first-order valence-electron chi connectivity index (χ1n) is 8.63. The van der Waals surface area contributed by atoms with Crippen LogP contribution in [0.3, 0.4) is 0 Å². The van der Waals surface area contributed by atoms with Gasteiger partial charge in [0.2, 0.25) is 0 Å². The van der Waals surface area contributed by atoms with E-state index in [0.717, 1.165) is 18.2 Å². The first-order valence-corrected chi connectivity index (χ1v) is 8.63. The van der Waals surface area contributed by atoms with Crippen molar-refractivity contribution in [1.82, 2.24) is 5.32 Å². The van der Waals surface area contributed by atoms with Crippen LogP contribution in [0.2, 0.25) is 0 Å². The molecule has 1 aliphatic rings. The van der Waals surface area contributed by atoms with Crippen LogP contribution in [0, 0.1) is 0 Å². The summed E-state index contributed by atoms with van der Waals surface area (Å²) in [6.45, 7) is 1.73. The largest absolute Gasteiger partial charge is 0.481 e. The molecule has 5 heteroatoms. The molecule has 1 aromatic heterocycles. The maximum absolute atomic E-state index is 12.3. The summed E-state index contributed by atoms with van der Waals surface area (Å²) in [6, 6.07) is 8.56. The highest BCUT2D eigenvalue weighted by atomic mass is 16.5. The van der Waals surface area contributed by atoms with Crippen LogP contribution in [-0.4, -0.2) is 18.1 Å². The second-order valence-electron chi connectivity index (χ2n) is 6.41. The van der Waals surface area contributed by atoms with Crippen molar-refractivity contribution >= 4 is 16.9 Å². The van der Waals surface area contributed by atoms with E-state index in [1.807, 2.05) is 6.07 Å². The topological polar surface area (TPSA) is 68.5 Å². The minimum atomic E-state index is -0.596. The van der Waals surface area contributed by atoms with E-state index < -0.39 is 11.7 Å². The molecule has 1 heterocycles. The molecule has 1 atom stereocenters. The second kappa shape index (κ2) is 7.51. The third-order valence-corrected chi connectivity index (χ3v) is 4.48. The fourth-order valence-electron chi connectivity index (χ4n) is 3.11. The lowest BCUT2D eigenvalue weighted by molar-refractivity contribution is -0.128. The molecule has 0 unspecified atom stereocenters. The number of nitrogens with one attached hydrogen (secondary N) is 1. The van der Waals surface area contributed by atoms with Crippen LogP contribution in [0.15, 0.2) is 39.5 Å². The summed E-state index contributed by atoms with van der Waals surface area (Å²) in [5, 5.41) is 3.90. The van der Waals surface area contributed by atoms with Gasteiger partial charge in [-0.1, -0.05) is 25.7 Å². The number of ether oxygens (including phenoxy) is 1. The van der Waals surface area contributed by atoms with E-state index in [9.17, 15) is 9.59 Å². The zero-order chi connectivity index (χ0) is 16.9. The molecule has 1 aliphatic carbocycles. The molecule has 0 bridgehead atoms. The molecule has 0 saturated heterocycles. The van der Waals surface area contributed by atoms with Crippen LogP contribution >= 0.6 is 0 Å². The molecule has 1 N–H and O–H groups in total. The third-order valence-electron chi connectivity index (χ3n) is 4.48. The standard InChI is InChI=1S/C19H23NO4/c1-13(19(22)20-15-6-4-2-3-5-7-15)23-16-10-8-14-9-11-18(21)24-17(14)12-16/h8-13,15H,2-7H2,1H3,(H,20,22)/t13-/m1/s1. The molecule has 128 valence electrons. The fraction of sp³-hybridized carbons (Fsp3) is 0.474. The Kier molecular flexibility index (Phi) is 5.18. The number of hydrogen-bond acceptors (Lipinski definition) is 4. The predicted octanol–water partition coefficient (Wildman–Crippen LogP) is 3.40. The Morgan fingerprint density at radius 1 is 1.17 bits per heavy atom. The Morgan fingerprint density at radius 2 is 1.88 bits per heavy atom. The minimum Gasteiger partial charge on any atom is -0.481 e. The van der Waals surface area contributed by atoms with Crippen molar-refractivity contribution in [3.8, 4) is 5.75 Å². The highest BCUT2D eigenvalue weighted by Crippen LogP contribution is 2.21. The minimum absolute atomic E-state index is 0.100. The van der Waals surface area contributed by atoms with Gasteiger partial charge in [-0.15, -0.1) is 0 Å².